The van der Waals surface area contributed by atoms with Crippen molar-refractivity contribution in [3.05, 3.63) is 29.8 Å². The van der Waals surface area contributed by atoms with E-state index in [1.807, 2.05) is 31.2 Å². The summed E-state index contributed by atoms with van der Waals surface area (Å²) in [7, 11) is 0. The summed E-state index contributed by atoms with van der Waals surface area (Å²) in [6, 6.07) is 7.97. The lowest BCUT2D eigenvalue weighted by Gasteiger charge is -2.31. The molecule has 1 aromatic carbocycles. The zero-order valence-corrected chi connectivity index (χ0v) is 15.1. The van der Waals surface area contributed by atoms with Crippen molar-refractivity contribution in [2.24, 2.45) is 11.5 Å². The SMILES string of the molecule is CCCCSc1ccc(C(CC)(COC(N)=O)COC(N)=O)cc1. The Morgan fingerprint density at radius 2 is 1.58 bits per heavy atom. The molecule has 4 N–H and O–H groups in total. The molecule has 0 saturated heterocycles. The first-order valence-corrected chi connectivity index (χ1v) is 9.00. The van der Waals surface area contributed by atoms with Gasteiger partial charge in [0.1, 0.15) is 13.2 Å². The van der Waals surface area contributed by atoms with Gasteiger partial charge in [0.15, 0.2) is 0 Å². The van der Waals surface area contributed by atoms with Crippen molar-refractivity contribution in [1.82, 2.24) is 0 Å². The van der Waals surface area contributed by atoms with E-state index < -0.39 is 17.6 Å². The van der Waals surface area contributed by atoms with Crippen LogP contribution in [0.3, 0.4) is 0 Å². The number of carbonyl (C=O) groups excluding carboxylic acids is 2. The minimum Gasteiger partial charge on any atom is -0.449 e. The highest BCUT2D eigenvalue weighted by molar-refractivity contribution is 7.99. The summed E-state index contributed by atoms with van der Waals surface area (Å²) in [5, 5.41) is 0. The summed E-state index contributed by atoms with van der Waals surface area (Å²) in [6.07, 6.45) is 1.20. The molecule has 0 heterocycles. The largest absolute Gasteiger partial charge is 0.449 e. The smallest absolute Gasteiger partial charge is 0.404 e. The van der Waals surface area contributed by atoms with Crippen LogP contribution in [0.5, 0.6) is 0 Å². The van der Waals surface area contributed by atoms with Gasteiger partial charge in [-0.1, -0.05) is 32.4 Å². The molecule has 134 valence electrons. The number of unbranched alkanes of at least 4 members (excludes halogenated alkanes) is 1. The average Bonchev–Trinajstić information content (AvgIpc) is 2.56. The molecule has 0 bridgehead atoms. The summed E-state index contributed by atoms with van der Waals surface area (Å²) in [5.74, 6) is 1.07. The molecule has 0 aliphatic heterocycles. The van der Waals surface area contributed by atoms with Crippen molar-refractivity contribution in [1.29, 1.82) is 0 Å². The van der Waals surface area contributed by atoms with Gasteiger partial charge in [0, 0.05) is 4.90 Å². The van der Waals surface area contributed by atoms with Gasteiger partial charge in [-0.05, 0) is 36.3 Å². The predicted molar refractivity (Wildman–Crippen MR) is 95.1 cm³/mol. The maximum Gasteiger partial charge on any atom is 0.404 e. The van der Waals surface area contributed by atoms with Crippen molar-refractivity contribution in [2.75, 3.05) is 19.0 Å². The number of amides is 2. The number of primary amides is 2. The van der Waals surface area contributed by atoms with Crippen LogP contribution in [0.1, 0.15) is 38.7 Å². The van der Waals surface area contributed by atoms with E-state index >= 15 is 0 Å². The maximum atomic E-state index is 11.0. The Labute approximate surface area is 147 Å². The minimum absolute atomic E-state index is 0.0223. The van der Waals surface area contributed by atoms with E-state index in [0.29, 0.717) is 6.42 Å². The number of hydrogen-bond donors (Lipinski definition) is 2. The first-order valence-electron chi connectivity index (χ1n) is 8.01. The molecule has 0 unspecified atom stereocenters. The molecule has 6 nitrogen and oxygen atoms in total. The first-order chi connectivity index (χ1) is 11.4. The van der Waals surface area contributed by atoms with Crippen LogP contribution >= 0.6 is 11.8 Å². The summed E-state index contributed by atoms with van der Waals surface area (Å²) < 4.78 is 9.99. The third-order valence-corrected chi connectivity index (χ3v) is 4.99. The molecule has 0 aliphatic carbocycles. The highest BCUT2D eigenvalue weighted by Crippen LogP contribution is 2.31. The lowest BCUT2D eigenvalue weighted by atomic mass is 9.79. The monoisotopic (exact) mass is 354 g/mol. The van der Waals surface area contributed by atoms with Gasteiger partial charge in [0.05, 0.1) is 5.41 Å². The molecule has 0 aromatic heterocycles. The van der Waals surface area contributed by atoms with Gasteiger partial charge in [-0.2, -0.15) is 0 Å². The van der Waals surface area contributed by atoms with Gasteiger partial charge in [-0.3, -0.25) is 0 Å². The Kier molecular flexibility index (Phi) is 8.46. The normalized spacial score (nSPS) is 11.1. The van der Waals surface area contributed by atoms with Crippen LogP contribution in [-0.2, 0) is 14.9 Å². The Balaban J connectivity index is 2.94. The Bertz CT molecular complexity index is 516. The topological polar surface area (TPSA) is 105 Å². The molecule has 0 fully saturated rings. The van der Waals surface area contributed by atoms with E-state index in [9.17, 15) is 9.59 Å². The number of hydrogen-bond acceptors (Lipinski definition) is 5. The van der Waals surface area contributed by atoms with Crippen molar-refractivity contribution in [3.63, 3.8) is 0 Å². The van der Waals surface area contributed by atoms with E-state index in [1.54, 1.807) is 11.8 Å². The summed E-state index contributed by atoms with van der Waals surface area (Å²) >= 11 is 1.80. The molecule has 0 aliphatic rings. The maximum absolute atomic E-state index is 11.0. The molecule has 0 saturated carbocycles. The third kappa shape index (κ3) is 6.31. The van der Waals surface area contributed by atoms with Crippen LogP contribution in [0.15, 0.2) is 29.2 Å². The molecule has 0 radical (unpaired) electrons. The summed E-state index contributed by atoms with van der Waals surface area (Å²) in [4.78, 5) is 23.2. The van der Waals surface area contributed by atoms with Crippen LogP contribution < -0.4 is 11.5 Å². The van der Waals surface area contributed by atoms with Crippen LogP contribution in [0, 0.1) is 0 Å². The standard InChI is InChI=1S/C17H26N2O4S/c1-3-5-10-24-14-8-6-13(7-9-14)17(4-2,11-22-15(18)20)12-23-16(19)21/h6-9H,3-5,10-12H2,1-2H3,(H2,18,20)(H2,19,21). The van der Waals surface area contributed by atoms with E-state index in [-0.39, 0.29) is 13.2 Å². The zero-order chi connectivity index (χ0) is 18.0. The summed E-state index contributed by atoms with van der Waals surface area (Å²) in [6.45, 7) is 4.14. The Morgan fingerprint density at radius 3 is 2.00 bits per heavy atom. The van der Waals surface area contributed by atoms with Crippen LogP contribution in [-0.4, -0.2) is 31.2 Å². The van der Waals surface area contributed by atoms with Crippen LogP contribution in [0.25, 0.3) is 0 Å². The fourth-order valence-electron chi connectivity index (χ4n) is 2.27. The van der Waals surface area contributed by atoms with E-state index in [1.165, 1.54) is 17.7 Å². The molecule has 24 heavy (non-hydrogen) atoms. The lowest BCUT2D eigenvalue weighted by molar-refractivity contribution is 0.0720. The molecular formula is C17H26N2O4S. The lowest BCUT2D eigenvalue weighted by Crippen LogP contribution is -2.39. The molecule has 1 aromatic rings. The molecular weight excluding hydrogens is 328 g/mol. The van der Waals surface area contributed by atoms with Crippen molar-refractivity contribution < 1.29 is 19.1 Å². The third-order valence-electron chi connectivity index (χ3n) is 3.89. The zero-order valence-electron chi connectivity index (χ0n) is 14.2. The molecule has 7 heteroatoms. The number of nitrogens with two attached hydrogens (primary N) is 2. The van der Waals surface area contributed by atoms with Gasteiger partial charge in [-0.15, -0.1) is 11.8 Å². The predicted octanol–water partition coefficient (Wildman–Crippen LogP) is 3.42. The number of thioether (sulfide) groups is 1. The van der Waals surface area contributed by atoms with Crippen molar-refractivity contribution in [2.45, 2.75) is 43.4 Å². The van der Waals surface area contributed by atoms with Crippen LogP contribution in [0.4, 0.5) is 9.59 Å². The number of carbonyl (C=O) groups is 2. The second kappa shape index (κ2) is 10.1. The number of rotatable bonds is 10. The van der Waals surface area contributed by atoms with Crippen molar-refractivity contribution >= 4 is 23.9 Å². The first kappa shape index (κ1) is 20.2. The molecule has 2 amide bonds. The van der Waals surface area contributed by atoms with Gasteiger partial charge in [0.2, 0.25) is 0 Å². The van der Waals surface area contributed by atoms with Gasteiger partial charge in [-0.25, -0.2) is 9.59 Å². The number of benzene rings is 1. The molecule has 0 atom stereocenters. The minimum atomic E-state index is -0.862. The van der Waals surface area contributed by atoms with Gasteiger partial charge < -0.3 is 20.9 Å². The van der Waals surface area contributed by atoms with Gasteiger partial charge >= 0.3 is 12.2 Å². The second-order valence-electron chi connectivity index (χ2n) is 5.58. The average molecular weight is 354 g/mol. The highest BCUT2D eigenvalue weighted by Gasteiger charge is 2.34. The van der Waals surface area contributed by atoms with E-state index in [0.717, 1.165) is 11.3 Å². The van der Waals surface area contributed by atoms with Gasteiger partial charge in [0.25, 0.3) is 0 Å². The Morgan fingerprint density at radius 1 is 1.04 bits per heavy atom. The summed E-state index contributed by atoms with van der Waals surface area (Å²) in [5.41, 5.74) is 10.4. The van der Waals surface area contributed by atoms with Crippen molar-refractivity contribution in [3.8, 4) is 0 Å². The number of ether oxygens (including phenoxy) is 2. The fourth-order valence-corrected chi connectivity index (χ4v) is 3.27. The van der Waals surface area contributed by atoms with Crippen LogP contribution in [0.2, 0.25) is 0 Å². The highest BCUT2D eigenvalue weighted by atomic mass is 32.2. The fraction of sp³-hybridized carbons (Fsp3) is 0.529. The quantitative estimate of drug-likeness (QED) is 0.495. The second-order valence-corrected chi connectivity index (χ2v) is 6.74. The Hall–Kier alpha value is -1.89. The molecule has 1 rings (SSSR count). The molecule has 0 spiro atoms. The van der Waals surface area contributed by atoms with E-state index in [4.69, 9.17) is 20.9 Å². The van der Waals surface area contributed by atoms with E-state index in [2.05, 4.69) is 6.92 Å².